The van der Waals surface area contributed by atoms with E-state index in [2.05, 4.69) is 65.3 Å². The van der Waals surface area contributed by atoms with E-state index in [1.807, 2.05) is 11.8 Å². The third-order valence-corrected chi connectivity index (χ3v) is 5.63. The molecule has 1 saturated heterocycles. The van der Waals surface area contributed by atoms with Crippen molar-refractivity contribution in [1.82, 2.24) is 4.90 Å². The Morgan fingerprint density at radius 2 is 1.65 bits per heavy atom. The van der Waals surface area contributed by atoms with E-state index >= 15 is 0 Å². The van der Waals surface area contributed by atoms with Crippen molar-refractivity contribution in [2.75, 3.05) is 37.7 Å². The van der Waals surface area contributed by atoms with Crippen LogP contribution in [0.25, 0.3) is 0 Å². The molecule has 2 aliphatic heterocycles. The molecule has 4 heteroatoms. The minimum Gasteiger partial charge on any atom is -0.376 e. The summed E-state index contributed by atoms with van der Waals surface area (Å²) in [4.78, 5) is 7.69. The molecule has 1 fully saturated rings. The zero-order valence-electron chi connectivity index (χ0n) is 13.4. The normalized spacial score (nSPS) is 20.9. The van der Waals surface area contributed by atoms with Gasteiger partial charge < -0.3 is 9.64 Å². The fourth-order valence-electron chi connectivity index (χ4n) is 3.36. The topological polar surface area (TPSA) is 15.7 Å². The van der Waals surface area contributed by atoms with Crippen molar-refractivity contribution in [3.8, 4) is 0 Å². The van der Waals surface area contributed by atoms with Crippen molar-refractivity contribution in [3.05, 3.63) is 48.5 Å². The third kappa shape index (κ3) is 3.11. The molecule has 0 amide bonds. The fourth-order valence-corrected chi connectivity index (χ4v) is 4.45. The molecule has 0 radical (unpaired) electrons. The van der Waals surface area contributed by atoms with Gasteiger partial charge in [0.25, 0.3) is 0 Å². The maximum absolute atomic E-state index is 5.65. The monoisotopic (exact) mass is 326 g/mol. The maximum Gasteiger partial charge on any atom is 0.0674 e. The number of fused-ring (bicyclic) bond motifs is 2. The molecule has 2 heterocycles. The van der Waals surface area contributed by atoms with E-state index in [4.69, 9.17) is 4.74 Å². The van der Waals surface area contributed by atoms with Gasteiger partial charge in [-0.25, -0.2) is 0 Å². The molecule has 0 aromatic heterocycles. The second-order valence-corrected chi connectivity index (χ2v) is 7.25. The summed E-state index contributed by atoms with van der Waals surface area (Å²) in [5.41, 5.74) is 2.66. The number of hydrogen-bond donors (Lipinski definition) is 0. The largest absolute Gasteiger partial charge is 0.376 e. The van der Waals surface area contributed by atoms with Gasteiger partial charge in [0.15, 0.2) is 0 Å². The van der Waals surface area contributed by atoms with Crippen LogP contribution in [-0.4, -0.2) is 43.8 Å². The molecule has 1 unspecified atom stereocenters. The van der Waals surface area contributed by atoms with Gasteiger partial charge in [-0.15, -0.1) is 0 Å². The molecular formula is C19H22N2OS. The lowest BCUT2D eigenvalue weighted by atomic mass is 10.2. The lowest BCUT2D eigenvalue weighted by Crippen LogP contribution is -2.44. The van der Waals surface area contributed by atoms with Crippen LogP contribution in [0.1, 0.15) is 6.92 Å². The Labute approximate surface area is 142 Å². The van der Waals surface area contributed by atoms with Crippen LogP contribution in [0.5, 0.6) is 0 Å². The molecule has 4 rings (SSSR count). The number of rotatable bonds is 3. The van der Waals surface area contributed by atoms with Gasteiger partial charge in [0.1, 0.15) is 0 Å². The number of para-hydroxylation sites is 2. The van der Waals surface area contributed by atoms with Crippen molar-refractivity contribution in [3.63, 3.8) is 0 Å². The number of ether oxygens (including phenoxy) is 1. The van der Waals surface area contributed by atoms with E-state index in [0.29, 0.717) is 6.10 Å². The van der Waals surface area contributed by atoms with Gasteiger partial charge in [0.05, 0.1) is 24.1 Å². The number of benzene rings is 2. The van der Waals surface area contributed by atoms with E-state index in [1.54, 1.807) is 0 Å². The van der Waals surface area contributed by atoms with Crippen LogP contribution in [0, 0.1) is 0 Å². The highest BCUT2D eigenvalue weighted by atomic mass is 32.2. The summed E-state index contributed by atoms with van der Waals surface area (Å²) < 4.78 is 5.65. The van der Waals surface area contributed by atoms with E-state index < -0.39 is 0 Å². The first kappa shape index (κ1) is 15.1. The van der Waals surface area contributed by atoms with Gasteiger partial charge >= 0.3 is 0 Å². The number of anilines is 2. The molecule has 1 atom stereocenters. The van der Waals surface area contributed by atoms with Gasteiger partial charge in [-0.2, -0.15) is 0 Å². The van der Waals surface area contributed by atoms with Gasteiger partial charge in [0, 0.05) is 36.0 Å². The van der Waals surface area contributed by atoms with Crippen molar-refractivity contribution in [1.29, 1.82) is 0 Å². The summed E-state index contributed by atoms with van der Waals surface area (Å²) in [5, 5.41) is 0. The van der Waals surface area contributed by atoms with Crippen LogP contribution < -0.4 is 4.90 Å². The van der Waals surface area contributed by atoms with E-state index in [0.717, 1.165) is 32.8 Å². The Bertz CT molecular complexity index is 645. The number of hydrogen-bond acceptors (Lipinski definition) is 4. The predicted octanol–water partition coefficient (Wildman–Crippen LogP) is 4.01. The molecule has 0 aliphatic carbocycles. The lowest BCUT2D eigenvalue weighted by Gasteiger charge is -2.36. The second kappa shape index (κ2) is 6.56. The molecule has 23 heavy (non-hydrogen) atoms. The summed E-state index contributed by atoms with van der Waals surface area (Å²) in [6.07, 6.45) is 0.347. The highest BCUT2D eigenvalue weighted by molar-refractivity contribution is 7.99. The van der Waals surface area contributed by atoms with Crippen LogP contribution in [0.4, 0.5) is 11.4 Å². The zero-order chi connectivity index (χ0) is 15.6. The van der Waals surface area contributed by atoms with Crippen LogP contribution in [0.2, 0.25) is 0 Å². The highest BCUT2D eigenvalue weighted by Crippen LogP contribution is 2.47. The van der Waals surface area contributed by atoms with Crippen molar-refractivity contribution < 1.29 is 4.74 Å². The molecule has 0 N–H and O–H groups in total. The predicted molar refractivity (Wildman–Crippen MR) is 95.9 cm³/mol. The highest BCUT2D eigenvalue weighted by Gasteiger charge is 2.24. The van der Waals surface area contributed by atoms with Crippen LogP contribution in [-0.2, 0) is 4.74 Å². The molecule has 2 aromatic rings. The lowest BCUT2D eigenvalue weighted by molar-refractivity contribution is -0.0170. The Hall–Kier alpha value is -1.49. The molecule has 2 aliphatic rings. The SMILES string of the molecule is CC1CN(CCN2c3ccccc3Sc3ccccc32)CCO1. The minimum atomic E-state index is 0.347. The molecular weight excluding hydrogens is 304 g/mol. The summed E-state index contributed by atoms with van der Waals surface area (Å²) in [7, 11) is 0. The average molecular weight is 326 g/mol. The van der Waals surface area contributed by atoms with Gasteiger partial charge in [-0.3, -0.25) is 4.90 Å². The minimum absolute atomic E-state index is 0.347. The van der Waals surface area contributed by atoms with E-state index in [1.165, 1.54) is 21.2 Å². The zero-order valence-corrected chi connectivity index (χ0v) is 14.3. The number of nitrogens with zero attached hydrogens (tertiary/aromatic N) is 2. The summed E-state index contributed by atoms with van der Waals surface area (Å²) in [6, 6.07) is 17.4. The first-order chi connectivity index (χ1) is 11.3. The Morgan fingerprint density at radius 3 is 2.30 bits per heavy atom. The smallest absolute Gasteiger partial charge is 0.0674 e. The van der Waals surface area contributed by atoms with Crippen molar-refractivity contribution in [2.45, 2.75) is 22.8 Å². The van der Waals surface area contributed by atoms with Gasteiger partial charge in [-0.05, 0) is 31.2 Å². The van der Waals surface area contributed by atoms with E-state index in [-0.39, 0.29) is 0 Å². The maximum atomic E-state index is 5.65. The molecule has 0 spiro atoms. The Kier molecular flexibility index (Phi) is 4.29. The summed E-state index contributed by atoms with van der Waals surface area (Å²) in [5.74, 6) is 0. The van der Waals surface area contributed by atoms with Crippen molar-refractivity contribution in [2.24, 2.45) is 0 Å². The van der Waals surface area contributed by atoms with Crippen molar-refractivity contribution >= 4 is 23.1 Å². The van der Waals surface area contributed by atoms with Crippen LogP contribution >= 0.6 is 11.8 Å². The first-order valence-corrected chi connectivity index (χ1v) is 9.10. The fraction of sp³-hybridized carbons (Fsp3) is 0.368. The quantitative estimate of drug-likeness (QED) is 0.846. The molecule has 2 aromatic carbocycles. The third-order valence-electron chi connectivity index (χ3n) is 4.50. The Balaban J connectivity index is 1.57. The summed E-state index contributed by atoms with van der Waals surface area (Å²) >= 11 is 1.87. The van der Waals surface area contributed by atoms with Gasteiger partial charge in [-0.1, -0.05) is 36.0 Å². The second-order valence-electron chi connectivity index (χ2n) is 6.17. The standard InChI is InChI=1S/C19H22N2OS/c1-15-14-20(12-13-22-15)10-11-21-16-6-2-4-8-18(16)23-19-9-5-3-7-17(19)21/h2-9,15H,10-14H2,1H3. The molecule has 0 saturated carbocycles. The average Bonchev–Trinajstić information content (AvgIpc) is 2.58. The van der Waals surface area contributed by atoms with E-state index in [9.17, 15) is 0 Å². The van der Waals surface area contributed by atoms with Gasteiger partial charge in [0.2, 0.25) is 0 Å². The molecule has 3 nitrogen and oxygen atoms in total. The number of morpholine rings is 1. The van der Waals surface area contributed by atoms with Crippen LogP contribution in [0.15, 0.2) is 58.3 Å². The molecule has 120 valence electrons. The molecule has 0 bridgehead atoms. The first-order valence-electron chi connectivity index (χ1n) is 8.29. The Morgan fingerprint density at radius 1 is 1.00 bits per heavy atom. The summed E-state index contributed by atoms with van der Waals surface area (Å²) in [6.45, 7) is 7.17. The van der Waals surface area contributed by atoms with Crippen LogP contribution in [0.3, 0.4) is 0 Å².